The van der Waals surface area contributed by atoms with Gasteiger partial charge in [-0.3, -0.25) is 20.2 Å². The lowest BCUT2D eigenvalue weighted by Crippen LogP contribution is -2.08. The van der Waals surface area contributed by atoms with E-state index in [9.17, 15) is 33.4 Å². The van der Waals surface area contributed by atoms with E-state index < -0.39 is 37.9 Å². The fourth-order valence-electron chi connectivity index (χ4n) is 1.65. The Kier molecular flexibility index (Phi) is 4.50. The number of nitrogens with zero attached hydrogens (tertiary/aromatic N) is 3. The van der Waals surface area contributed by atoms with Crippen LogP contribution in [0.15, 0.2) is 46.5 Å². The minimum atomic E-state index is -4.94. The van der Waals surface area contributed by atoms with Crippen molar-refractivity contribution in [2.45, 2.75) is 16.1 Å². The van der Waals surface area contributed by atoms with Crippen molar-refractivity contribution in [1.82, 2.24) is 4.98 Å². The highest BCUT2D eigenvalue weighted by Gasteiger charge is 2.37. The van der Waals surface area contributed by atoms with Crippen molar-refractivity contribution < 1.29 is 23.0 Å². The lowest BCUT2D eigenvalue weighted by Gasteiger charge is -2.09. The van der Waals surface area contributed by atoms with Gasteiger partial charge in [0, 0.05) is 18.3 Å². The van der Waals surface area contributed by atoms with Crippen molar-refractivity contribution in [3.63, 3.8) is 0 Å². The Balaban J connectivity index is 2.67. The molecule has 0 saturated heterocycles. The van der Waals surface area contributed by atoms with E-state index >= 15 is 0 Å². The number of hydrogen-bond acceptors (Lipinski definition) is 6. The predicted octanol–water partition coefficient (Wildman–Crippen LogP) is 4.07. The number of alkyl halides is 3. The van der Waals surface area contributed by atoms with Gasteiger partial charge in [-0.25, -0.2) is 4.98 Å². The van der Waals surface area contributed by atoms with E-state index in [0.29, 0.717) is 11.8 Å². The maximum Gasteiger partial charge on any atom is 0.416 e. The molecule has 2 aromatic rings. The molecule has 0 aliphatic carbocycles. The summed E-state index contributed by atoms with van der Waals surface area (Å²) in [6.07, 6.45) is -3.59. The van der Waals surface area contributed by atoms with Crippen LogP contribution in [0, 0.1) is 20.2 Å². The van der Waals surface area contributed by atoms with E-state index in [-0.39, 0.29) is 17.2 Å². The van der Waals surface area contributed by atoms with Gasteiger partial charge in [-0.1, -0.05) is 17.8 Å². The second-order valence-corrected chi connectivity index (χ2v) is 5.16. The van der Waals surface area contributed by atoms with Crippen molar-refractivity contribution in [2.24, 2.45) is 0 Å². The smallest absolute Gasteiger partial charge is 0.258 e. The highest BCUT2D eigenvalue weighted by atomic mass is 32.2. The summed E-state index contributed by atoms with van der Waals surface area (Å²) in [6.45, 7) is 0. The largest absolute Gasteiger partial charge is 0.416 e. The van der Waals surface area contributed by atoms with Crippen LogP contribution in [0.25, 0.3) is 0 Å². The van der Waals surface area contributed by atoms with Crippen LogP contribution >= 0.6 is 11.8 Å². The molecule has 23 heavy (non-hydrogen) atoms. The normalized spacial score (nSPS) is 11.3. The topological polar surface area (TPSA) is 99.2 Å². The minimum absolute atomic E-state index is 0.179. The third-order valence-corrected chi connectivity index (χ3v) is 3.69. The number of halogens is 3. The SMILES string of the molecule is O=[N+]([O-])c1cc(C(F)(F)F)cc([N+](=O)[O-])c1Sc1ccccn1. The minimum Gasteiger partial charge on any atom is -0.258 e. The molecule has 0 radical (unpaired) electrons. The third kappa shape index (κ3) is 3.74. The fourth-order valence-corrected chi connectivity index (χ4v) is 2.60. The fraction of sp³-hybridized carbons (Fsp3) is 0.0833. The average Bonchev–Trinajstić information content (AvgIpc) is 2.46. The van der Waals surface area contributed by atoms with Gasteiger partial charge >= 0.3 is 6.18 Å². The average molecular weight is 345 g/mol. The Labute approximate surface area is 130 Å². The number of nitro benzene ring substituents is 2. The first-order valence-electron chi connectivity index (χ1n) is 5.83. The van der Waals surface area contributed by atoms with Crippen LogP contribution in [0.2, 0.25) is 0 Å². The monoisotopic (exact) mass is 345 g/mol. The zero-order valence-electron chi connectivity index (χ0n) is 11.0. The molecule has 1 aromatic heterocycles. The standard InChI is InChI=1S/C12H6F3N3O4S/c13-12(14,15)7-5-8(17(19)20)11(9(6-7)18(21)22)23-10-3-1-2-4-16-10/h1-6H. The summed E-state index contributed by atoms with van der Waals surface area (Å²) >= 11 is 0.555. The zero-order chi connectivity index (χ0) is 17.2. The van der Waals surface area contributed by atoms with Crippen LogP contribution < -0.4 is 0 Å². The van der Waals surface area contributed by atoms with E-state index in [4.69, 9.17) is 0 Å². The maximum absolute atomic E-state index is 12.8. The Morgan fingerprint density at radius 3 is 2.00 bits per heavy atom. The van der Waals surface area contributed by atoms with Crippen LogP contribution in [0.4, 0.5) is 24.5 Å². The van der Waals surface area contributed by atoms with Crippen molar-refractivity contribution in [3.8, 4) is 0 Å². The molecule has 0 aliphatic rings. The first kappa shape index (κ1) is 16.7. The molecular formula is C12H6F3N3O4S. The van der Waals surface area contributed by atoms with E-state index in [0.717, 1.165) is 0 Å². The van der Waals surface area contributed by atoms with Gasteiger partial charge < -0.3 is 0 Å². The second-order valence-electron chi connectivity index (χ2n) is 4.13. The molecule has 0 fully saturated rings. The van der Waals surface area contributed by atoms with Crippen molar-refractivity contribution >= 4 is 23.1 Å². The number of nitro groups is 2. The number of pyridine rings is 1. The van der Waals surface area contributed by atoms with Crippen LogP contribution in [0.1, 0.15) is 5.56 Å². The van der Waals surface area contributed by atoms with Gasteiger partial charge in [0.2, 0.25) is 0 Å². The number of aromatic nitrogens is 1. The quantitative estimate of drug-likeness (QED) is 0.612. The zero-order valence-corrected chi connectivity index (χ0v) is 11.8. The molecule has 11 heteroatoms. The molecule has 7 nitrogen and oxygen atoms in total. The van der Waals surface area contributed by atoms with E-state index in [2.05, 4.69) is 4.98 Å². The summed E-state index contributed by atoms with van der Waals surface area (Å²) in [5, 5.41) is 22.3. The lowest BCUT2D eigenvalue weighted by atomic mass is 10.1. The van der Waals surface area contributed by atoms with Crippen LogP contribution in [-0.2, 0) is 6.18 Å². The molecule has 0 spiro atoms. The van der Waals surface area contributed by atoms with Crippen molar-refractivity contribution in [2.75, 3.05) is 0 Å². The summed E-state index contributed by atoms with van der Waals surface area (Å²) < 4.78 is 38.3. The molecule has 0 atom stereocenters. The van der Waals surface area contributed by atoms with Gasteiger partial charge in [0.25, 0.3) is 11.4 Å². The molecular weight excluding hydrogens is 339 g/mol. The molecule has 0 aliphatic heterocycles. The first-order chi connectivity index (χ1) is 10.7. The van der Waals surface area contributed by atoms with Crippen molar-refractivity contribution in [3.05, 3.63) is 62.3 Å². The Morgan fingerprint density at radius 2 is 1.61 bits per heavy atom. The lowest BCUT2D eigenvalue weighted by molar-refractivity contribution is -0.400. The number of hydrogen-bond donors (Lipinski definition) is 0. The maximum atomic E-state index is 12.8. The molecule has 1 aromatic carbocycles. The van der Waals surface area contributed by atoms with Gasteiger partial charge in [-0.15, -0.1) is 0 Å². The van der Waals surface area contributed by atoms with Gasteiger partial charge in [0.15, 0.2) is 4.90 Å². The summed E-state index contributed by atoms with van der Waals surface area (Å²) in [4.78, 5) is 23.3. The van der Waals surface area contributed by atoms with Crippen LogP contribution in [0.5, 0.6) is 0 Å². The highest BCUT2D eigenvalue weighted by molar-refractivity contribution is 7.99. The molecule has 120 valence electrons. The first-order valence-corrected chi connectivity index (χ1v) is 6.64. The predicted molar refractivity (Wildman–Crippen MR) is 73.1 cm³/mol. The van der Waals surface area contributed by atoms with Crippen LogP contribution in [-0.4, -0.2) is 14.8 Å². The highest BCUT2D eigenvalue weighted by Crippen LogP contribution is 2.44. The molecule has 0 amide bonds. The summed E-state index contributed by atoms with van der Waals surface area (Å²) in [5.74, 6) is 0. The summed E-state index contributed by atoms with van der Waals surface area (Å²) in [7, 11) is 0. The molecule has 2 rings (SSSR count). The van der Waals surface area contributed by atoms with Gasteiger partial charge in [-0.2, -0.15) is 13.2 Å². The van der Waals surface area contributed by atoms with E-state index in [1.54, 1.807) is 6.07 Å². The Morgan fingerprint density at radius 1 is 1.04 bits per heavy atom. The van der Waals surface area contributed by atoms with E-state index in [1.807, 2.05) is 0 Å². The number of rotatable bonds is 4. The Bertz CT molecular complexity index is 733. The van der Waals surface area contributed by atoms with Gasteiger partial charge in [-0.05, 0) is 12.1 Å². The third-order valence-electron chi connectivity index (χ3n) is 2.61. The second kappa shape index (κ2) is 6.20. The van der Waals surface area contributed by atoms with Crippen molar-refractivity contribution in [1.29, 1.82) is 0 Å². The molecule has 0 bridgehead atoms. The molecule has 0 unspecified atom stereocenters. The van der Waals surface area contributed by atoms with Crippen LogP contribution in [0.3, 0.4) is 0 Å². The van der Waals surface area contributed by atoms with E-state index in [1.165, 1.54) is 18.3 Å². The summed E-state index contributed by atoms with van der Waals surface area (Å²) in [5.41, 5.74) is -3.45. The number of benzene rings is 1. The van der Waals surface area contributed by atoms with Gasteiger partial charge in [0.05, 0.1) is 15.4 Å². The Hall–Kier alpha value is -2.69. The molecule has 0 N–H and O–H groups in total. The molecule has 1 heterocycles. The summed E-state index contributed by atoms with van der Waals surface area (Å²) in [6, 6.07) is 5.07. The molecule has 0 saturated carbocycles. The van der Waals surface area contributed by atoms with Gasteiger partial charge in [0.1, 0.15) is 5.03 Å².